The largest absolute Gasteiger partial charge is 0.370 e. The lowest BCUT2D eigenvalue weighted by Crippen LogP contribution is -2.34. The van der Waals surface area contributed by atoms with Crippen LogP contribution >= 0.6 is 11.6 Å². The van der Waals surface area contributed by atoms with Crippen molar-refractivity contribution in [2.75, 3.05) is 18.0 Å². The molecule has 0 aliphatic carbocycles. The molecule has 2 aromatic carbocycles. The van der Waals surface area contributed by atoms with Gasteiger partial charge in [0.2, 0.25) is 9.84 Å². The molecule has 1 saturated heterocycles. The summed E-state index contributed by atoms with van der Waals surface area (Å²) in [5.74, 6) is 0.650. The Balaban J connectivity index is 1.96. The topological polar surface area (TPSA) is 50.3 Å². The molecule has 0 bridgehead atoms. The Morgan fingerprint density at radius 1 is 1.07 bits per heavy atom. The zero-order chi connectivity index (χ0) is 20.8. The predicted molar refractivity (Wildman–Crippen MR) is 119 cm³/mol. The number of rotatable bonds is 3. The fraction of sp³-hybridized carbons (Fsp3) is 0.348. The number of benzene rings is 2. The minimum atomic E-state index is -3.76. The highest BCUT2D eigenvalue weighted by molar-refractivity contribution is 7.91. The Bertz CT molecular complexity index is 1180. The van der Waals surface area contributed by atoms with Gasteiger partial charge in [0.1, 0.15) is 4.90 Å². The number of aryl methyl sites for hydroxylation is 2. The number of nitrogens with zero attached hydrogens (tertiary/aromatic N) is 2. The van der Waals surface area contributed by atoms with Crippen LogP contribution in [-0.4, -0.2) is 26.5 Å². The molecule has 4 nitrogen and oxygen atoms in total. The molecule has 0 saturated carbocycles. The summed E-state index contributed by atoms with van der Waals surface area (Å²) in [6.45, 7) is 7.80. The molecule has 0 spiro atoms. The molecule has 152 valence electrons. The van der Waals surface area contributed by atoms with Crippen LogP contribution in [0.3, 0.4) is 0 Å². The van der Waals surface area contributed by atoms with Crippen LogP contribution in [0.2, 0.25) is 5.02 Å². The molecular formula is C23H25ClN2O2S. The molecule has 1 fully saturated rings. The van der Waals surface area contributed by atoms with Gasteiger partial charge < -0.3 is 4.90 Å². The van der Waals surface area contributed by atoms with Crippen molar-refractivity contribution in [1.29, 1.82) is 0 Å². The van der Waals surface area contributed by atoms with Gasteiger partial charge in [-0.1, -0.05) is 36.2 Å². The first-order valence-corrected chi connectivity index (χ1v) is 11.8. The van der Waals surface area contributed by atoms with Gasteiger partial charge in [0.15, 0.2) is 0 Å². The molecule has 4 rings (SSSR count). The molecule has 1 aromatic heterocycles. The van der Waals surface area contributed by atoms with Crippen LogP contribution in [0, 0.1) is 19.8 Å². The Labute approximate surface area is 177 Å². The summed E-state index contributed by atoms with van der Waals surface area (Å²) in [5, 5.41) is 1.34. The maximum atomic E-state index is 13.6. The number of anilines is 1. The Morgan fingerprint density at radius 3 is 2.48 bits per heavy atom. The number of hydrogen-bond donors (Lipinski definition) is 0. The fourth-order valence-corrected chi connectivity index (χ4v) is 5.60. The molecule has 0 unspecified atom stereocenters. The molecule has 29 heavy (non-hydrogen) atoms. The van der Waals surface area contributed by atoms with Gasteiger partial charge in [-0.25, -0.2) is 8.42 Å². The monoisotopic (exact) mass is 428 g/mol. The van der Waals surface area contributed by atoms with E-state index in [1.807, 2.05) is 32.0 Å². The highest BCUT2D eigenvalue weighted by atomic mass is 35.5. The number of aromatic nitrogens is 1. The van der Waals surface area contributed by atoms with E-state index in [0.717, 1.165) is 53.6 Å². The summed E-state index contributed by atoms with van der Waals surface area (Å²) in [5.41, 5.74) is 3.51. The minimum Gasteiger partial charge on any atom is -0.370 e. The number of sulfone groups is 1. The zero-order valence-electron chi connectivity index (χ0n) is 16.9. The van der Waals surface area contributed by atoms with Crippen molar-refractivity contribution in [3.05, 3.63) is 58.7 Å². The van der Waals surface area contributed by atoms with Gasteiger partial charge in [0, 0.05) is 29.7 Å². The maximum Gasteiger partial charge on any atom is 0.210 e. The standard InChI is InChI=1S/C23H25ClN2O2S/c1-15-8-10-26(11-9-15)23-19-12-16(2)4-7-21(19)25-14-22(23)29(27,28)18-6-5-17(3)20(24)13-18/h4-7,12-15H,8-11H2,1-3H3. The van der Waals surface area contributed by atoms with Gasteiger partial charge in [0.05, 0.1) is 16.1 Å². The first-order valence-electron chi connectivity index (χ1n) is 9.93. The van der Waals surface area contributed by atoms with Gasteiger partial charge in [-0.05, 0) is 62.4 Å². The molecule has 3 aromatic rings. The van der Waals surface area contributed by atoms with E-state index in [2.05, 4.69) is 16.8 Å². The average molecular weight is 429 g/mol. The van der Waals surface area contributed by atoms with Crippen LogP contribution < -0.4 is 4.90 Å². The fourth-order valence-electron chi connectivity index (χ4n) is 3.90. The Kier molecular flexibility index (Phi) is 5.30. The third-order valence-electron chi connectivity index (χ3n) is 5.80. The molecule has 0 amide bonds. The van der Waals surface area contributed by atoms with Crippen LogP contribution in [-0.2, 0) is 9.84 Å². The second-order valence-corrected chi connectivity index (χ2v) is 10.4. The summed E-state index contributed by atoms with van der Waals surface area (Å²) in [4.78, 5) is 7.16. The van der Waals surface area contributed by atoms with E-state index in [9.17, 15) is 8.42 Å². The van der Waals surface area contributed by atoms with E-state index < -0.39 is 9.84 Å². The summed E-state index contributed by atoms with van der Waals surface area (Å²) in [6.07, 6.45) is 3.60. The van der Waals surface area contributed by atoms with E-state index in [1.165, 1.54) is 12.3 Å². The molecule has 1 aliphatic heterocycles. The van der Waals surface area contributed by atoms with Gasteiger partial charge in [0.25, 0.3) is 0 Å². The SMILES string of the molecule is Cc1ccc2ncc(S(=O)(=O)c3ccc(C)c(Cl)c3)c(N3CCC(C)CC3)c2c1. The molecule has 0 atom stereocenters. The Morgan fingerprint density at radius 2 is 1.79 bits per heavy atom. The van der Waals surface area contributed by atoms with Gasteiger partial charge in [-0.15, -0.1) is 0 Å². The number of hydrogen-bond acceptors (Lipinski definition) is 4. The van der Waals surface area contributed by atoms with Crippen molar-refractivity contribution in [1.82, 2.24) is 4.98 Å². The van der Waals surface area contributed by atoms with E-state index >= 15 is 0 Å². The highest BCUT2D eigenvalue weighted by Crippen LogP contribution is 2.38. The van der Waals surface area contributed by atoms with Crippen LogP contribution in [0.15, 0.2) is 52.4 Å². The zero-order valence-corrected chi connectivity index (χ0v) is 18.5. The van der Waals surface area contributed by atoms with E-state index in [-0.39, 0.29) is 9.79 Å². The van der Waals surface area contributed by atoms with Gasteiger partial charge in [-0.2, -0.15) is 0 Å². The normalized spacial score (nSPS) is 15.8. The van der Waals surface area contributed by atoms with Crippen LogP contribution in [0.5, 0.6) is 0 Å². The molecule has 6 heteroatoms. The van der Waals surface area contributed by atoms with Gasteiger partial charge >= 0.3 is 0 Å². The van der Waals surface area contributed by atoms with Crippen molar-refractivity contribution in [2.45, 2.75) is 43.4 Å². The lowest BCUT2D eigenvalue weighted by molar-refractivity contribution is 0.437. The predicted octanol–water partition coefficient (Wildman–Crippen LogP) is 5.57. The molecule has 1 aliphatic rings. The first kappa shape index (κ1) is 20.2. The molecule has 0 radical (unpaired) electrons. The second kappa shape index (κ2) is 7.62. The second-order valence-electron chi connectivity index (χ2n) is 8.08. The number of pyridine rings is 1. The average Bonchev–Trinajstić information content (AvgIpc) is 2.69. The van der Waals surface area contributed by atoms with E-state index in [4.69, 9.17) is 11.6 Å². The first-order chi connectivity index (χ1) is 13.8. The van der Waals surface area contributed by atoms with Crippen LogP contribution in [0.25, 0.3) is 10.9 Å². The van der Waals surface area contributed by atoms with Gasteiger partial charge in [-0.3, -0.25) is 4.98 Å². The van der Waals surface area contributed by atoms with Crippen molar-refractivity contribution < 1.29 is 8.42 Å². The van der Waals surface area contributed by atoms with E-state index in [0.29, 0.717) is 10.9 Å². The number of halogens is 1. The van der Waals surface area contributed by atoms with E-state index in [1.54, 1.807) is 12.1 Å². The highest BCUT2D eigenvalue weighted by Gasteiger charge is 2.29. The molecular weight excluding hydrogens is 404 g/mol. The third kappa shape index (κ3) is 3.74. The summed E-state index contributed by atoms with van der Waals surface area (Å²) in [7, 11) is -3.76. The third-order valence-corrected chi connectivity index (χ3v) is 7.96. The summed E-state index contributed by atoms with van der Waals surface area (Å²) >= 11 is 6.24. The summed E-state index contributed by atoms with van der Waals surface area (Å²) in [6, 6.07) is 10.9. The smallest absolute Gasteiger partial charge is 0.210 e. The van der Waals surface area contributed by atoms with Crippen molar-refractivity contribution in [3.63, 3.8) is 0 Å². The quantitative estimate of drug-likeness (QED) is 0.546. The minimum absolute atomic E-state index is 0.202. The van der Waals surface area contributed by atoms with Crippen LogP contribution in [0.4, 0.5) is 5.69 Å². The lowest BCUT2D eigenvalue weighted by Gasteiger charge is -2.34. The Hall–Kier alpha value is -2.11. The number of piperidine rings is 1. The lowest BCUT2D eigenvalue weighted by atomic mass is 9.98. The molecule has 2 heterocycles. The van der Waals surface area contributed by atoms with Crippen LogP contribution in [0.1, 0.15) is 30.9 Å². The number of fused-ring (bicyclic) bond motifs is 1. The van der Waals surface area contributed by atoms with Crippen molar-refractivity contribution in [3.8, 4) is 0 Å². The van der Waals surface area contributed by atoms with Crippen molar-refractivity contribution >= 4 is 38.0 Å². The van der Waals surface area contributed by atoms with Crippen molar-refractivity contribution in [2.24, 2.45) is 5.92 Å². The molecule has 0 N–H and O–H groups in total. The maximum absolute atomic E-state index is 13.6. The summed E-state index contributed by atoms with van der Waals surface area (Å²) < 4.78 is 27.3.